The van der Waals surface area contributed by atoms with E-state index in [0.717, 1.165) is 18.4 Å². The van der Waals surface area contributed by atoms with E-state index < -0.39 is 83.4 Å². The zero-order chi connectivity index (χ0) is 36.4. The quantitative estimate of drug-likeness (QED) is 0.200. The Kier molecular flexibility index (Phi) is 10.3. The SMILES string of the molecule is C=C(CC[C@@H](C(=O)O[C@H]1O[C@H](CO)[C@@H](O)[C@H](O)[C@H]1O)[C@H]1[C@H](OC(C)=O)C[C@@]2(C)C3=CC[C@H]4C(C)(C)C(=O)CC[C@]4(C)C3=CC[C@]12C)C(C)C. The van der Waals surface area contributed by atoms with Crippen LogP contribution >= 0.6 is 0 Å². The molecular weight excluding hydrogens is 628 g/mol. The van der Waals surface area contributed by atoms with Gasteiger partial charge in [-0.1, -0.05) is 72.8 Å². The highest BCUT2D eigenvalue weighted by Crippen LogP contribution is 2.72. The molecule has 0 spiro atoms. The molecule has 0 bridgehead atoms. The molecule has 1 saturated heterocycles. The molecule has 0 aromatic rings. The molecule has 1 heterocycles. The van der Waals surface area contributed by atoms with Crippen molar-refractivity contribution in [3.05, 3.63) is 35.5 Å². The molecule has 10 heteroatoms. The standard InChI is InChI=1S/C39H58O10/c1-20(2)21(3)10-11-23(34(46)49-35-33(45)32(44)31(43)27(19-40)48-35)30-26(47-22(4)41)18-39(9)25-12-13-28-36(5,6)29(42)15-16-37(28,7)24(25)14-17-38(30,39)8/h12,14,20,23,26-28,30-33,35,40,43-45H,3,10-11,13,15-19H2,1-2,4-9H3/t23-,26-,27-,28+,30+,31-,32+,33-,35-,37-,38-,39+/m1/s1. The molecule has 2 saturated carbocycles. The Hall–Kier alpha value is -2.37. The van der Waals surface area contributed by atoms with Crippen molar-refractivity contribution in [3.63, 3.8) is 0 Å². The van der Waals surface area contributed by atoms with Crippen LogP contribution in [0, 0.1) is 45.3 Å². The fraction of sp³-hybridized carbons (Fsp3) is 0.769. The van der Waals surface area contributed by atoms with Gasteiger partial charge in [0.1, 0.15) is 36.3 Å². The average molecular weight is 687 g/mol. The van der Waals surface area contributed by atoms with E-state index in [2.05, 4.69) is 53.3 Å². The molecule has 0 amide bonds. The maximum Gasteiger partial charge on any atom is 0.311 e. The summed E-state index contributed by atoms with van der Waals surface area (Å²) in [5.41, 5.74) is 1.72. The van der Waals surface area contributed by atoms with Gasteiger partial charge in [-0.15, -0.1) is 0 Å². The Balaban J connectivity index is 1.56. The number of allylic oxidation sites excluding steroid dienone is 5. The Morgan fingerprint density at radius 1 is 1.02 bits per heavy atom. The van der Waals surface area contributed by atoms with Gasteiger partial charge in [0.2, 0.25) is 6.29 Å². The first-order valence-corrected chi connectivity index (χ1v) is 18.1. The van der Waals surface area contributed by atoms with Crippen LogP contribution in [0.5, 0.6) is 0 Å². The number of ketones is 1. The minimum absolute atomic E-state index is 0.161. The van der Waals surface area contributed by atoms with Crippen LogP contribution in [-0.2, 0) is 28.6 Å². The number of esters is 2. The molecule has 0 unspecified atom stereocenters. The zero-order valence-corrected chi connectivity index (χ0v) is 30.5. The van der Waals surface area contributed by atoms with E-state index in [-0.39, 0.29) is 17.3 Å². The van der Waals surface area contributed by atoms with Gasteiger partial charge in [-0.05, 0) is 72.3 Å². The Morgan fingerprint density at radius 3 is 2.31 bits per heavy atom. The van der Waals surface area contributed by atoms with Crippen LogP contribution in [0.2, 0.25) is 0 Å². The Labute approximate surface area is 291 Å². The van der Waals surface area contributed by atoms with Gasteiger partial charge in [0, 0.05) is 30.1 Å². The number of carbonyl (C=O) groups excluding carboxylic acids is 3. The number of aliphatic hydroxyl groups is 4. The third-order valence-corrected chi connectivity index (χ3v) is 13.8. The van der Waals surface area contributed by atoms with Crippen molar-refractivity contribution >= 4 is 17.7 Å². The second kappa shape index (κ2) is 13.3. The van der Waals surface area contributed by atoms with Crippen molar-refractivity contribution in [2.45, 2.75) is 137 Å². The molecule has 4 aliphatic carbocycles. The van der Waals surface area contributed by atoms with E-state index in [9.17, 15) is 34.8 Å². The molecule has 0 aromatic heterocycles. The molecule has 0 aromatic carbocycles. The first-order valence-electron chi connectivity index (χ1n) is 18.1. The van der Waals surface area contributed by atoms with Crippen molar-refractivity contribution in [1.29, 1.82) is 0 Å². The van der Waals surface area contributed by atoms with E-state index in [1.807, 2.05) is 13.8 Å². The summed E-state index contributed by atoms with van der Waals surface area (Å²) in [6.07, 6.45) is 0.105. The molecule has 12 atom stereocenters. The van der Waals surface area contributed by atoms with Crippen molar-refractivity contribution in [2.75, 3.05) is 6.61 Å². The highest BCUT2D eigenvalue weighted by molar-refractivity contribution is 5.86. The van der Waals surface area contributed by atoms with Crippen molar-refractivity contribution in [2.24, 2.45) is 45.3 Å². The van der Waals surface area contributed by atoms with E-state index in [1.54, 1.807) is 0 Å². The number of hydrogen-bond donors (Lipinski definition) is 4. The summed E-state index contributed by atoms with van der Waals surface area (Å²) in [5.74, 6) is -1.80. The number of ether oxygens (including phenoxy) is 3. The largest absolute Gasteiger partial charge is 0.462 e. The van der Waals surface area contributed by atoms with Crippen LogP contribution in [0.1, 0.15) is 100 Å². The number of Topliss-reactive ketones (excluding diaryl/α,β-unsaturated/α-hetero) is 1. The number of hydrogen-bond acceptors (Lipinski definition) is 10. The molecular formula is C39H58O10. The summed E-state index contributed by atoms with van der Waals surface area (Å²) in [7, 11) is 0. The third kappa shape index (κ3) is 6.07. The Bertz CT molecular complexity index is 1410. The summed E-state index contributed by atoms with van der Waals surface area (Å²) < 4.78 is 17.5. The number of fused-ring (bicyclic) bond motifs is 5. The van der Waals surface area contributed by atoms with Gasteiger partial charge in [-0.2, -0.15) is 0 Å². The molecule has 274 valence electrons. The summed E-state index contributed by atoms with van der Waals surface area (Å²) in [4.78, 5) is 40.2. The second-order valence-corrected chi connectivity index (χ2v) is 17.0. The third-order valence-electron chi connectivity index (χ3n) is 13.8. The second-order valence-electron chi connectivity index (χ2n) is 17.0. The predicted molar refractivity (Wildman–Crippen MR) is 181 cm³/mol. The van der Waals surface area contributed by atoms with Gasteiger partial charge < -0.3 is 34.6 Å². The molecule has 3 fully saturated rings. The zero-order valence-electron chi connectivity index (χ0n) is 30.5. The van der Waals surface area contributed by atoms with Gasteiger partial charge >= 0.3 is 11.9 Å². The molecule has 10 nitrogen and oxygen atoms in total. The summed E-state index contributed by atoms with van der Waals surface area (Å²) >= 11 is 0. The lowest BCUT2D eigenvalue weighted by Gasteiger charge is -2.59. The lowest BCUT2D eigenvalue weighted by atomic mass is 9.44. The smallest absolute Gasteiger partial charge is 0.311 e. The predicted octanol–water partition coefficient (Wildman–Crippen LogP) is 4.57. The molecule has 5 rings (SSSR count). The van der Waals surface area contributed by atoms with Gasteiger partial charge in [0.05, 0.1) is 12.5 Å². The van der Waals surface area contributed by atoms with Gasteiger partial charge in [0.25, 0.3) is 0 Å². The van der Waals surface area contributed by atoms with Crippen LogP contribution in [0.25, 0.3) is 0 Å². The summed E-state index contributed by atoms with van der Waals surface area (Å²) in [5, 5.41) is 41.2. The van der Waals surface area contributed by atoms with E-state index in [1.165, 1.54) is 18.1 Å². The first-order chi connectivity index (χ1) is 22.7. The van der Waals surface area contributed by atoms with E-state index in [0.29, 0.717) is 37.9 Å². The molecule has 5 aliphatic rings. The van der Waals surface area contributed by atoms with Gasteiger partial charge in [-0.3, -0.25) is 14.4 Å². The lowest BCUT2D eigenvalue weighted by Crippen LogP contribution is -2.60. The van der Waals surface area contributed by atoms with Crippen molar-refractivity contribution in [3.8, 4) is 0 Å². The van der Waals surface area contributed by atoms with Crippen LogP contribution in [0.15, 0.2) is 35.5 Å². The monoisotopic (exact) mass is 686 g/mol. The summed E-state index contributed by atoms with van der Waals surface area (Å²) in [6.45, 7) is 19.9. The first kappa shape index (κ1) is 37.9. The van der Waals surface area contributed by atoms with Gasteiger partial charge in [-0.25, -0.2) is 0 Å². The van der Waals surface area contributed by atoms with Crippen molar-refractivity contribution in [1.82, 2.24) is 0 Å². The highest BCUT2D eigenvalue weighted by Gasteiger charge is 2.68. The maximum atomic E-state index is 14.4. The van der Waals surface area contributed by atoms with E-state index in [4.69, 9.17) is 14.2 Å². The topological polar surface area (TPSA) is 160 Å². The van der Waals surface area contributed by atoms with Crippen LogP contribution in [-0.4, -0.2) is 81.6 Å². The fourth-order valence-corrected chi connectivity index (χ4v) is 10.4. The minimum atomic E-state index is -1.74. The van der Waals surface area contributed by atoms with Crippen LogP contribution in [0.4, 0.5) is 0 Å². The number of rotatable bonds is 9. The Morgan fingerprint density at radius 2 is 1.69 bits per heavy atom. The number of carbonyl (C=O) groups is 3. The molecule has 4 N–H and O–H groups in total. The lowest BCUT2D eigenvalue weighted by molar-refractivity contribution is -0.294. The molecule has 49 heavy (non-hydrogen) atoms. The highest BCUT2D eigenvalue weighted by atomic mass is 16.7. The van der Waals surface area contributed by atoms with Crippen molar-refractivity contribution < 1.29 is 49.0 Å². The normalized spacial score (nSPS) is 41.9. The van der Waals surface area contributed by atoms with E-state index >= 15 is 0 Å². The van der Waals surface area contributed by atoms with Crippen LogP contribution in [0.3, 0.4) is 0 Å². The minimum Gasteiger partial charge on any atom is -0.462 e. The van der Waals surface area contributed by atoms with Gasteiger partial charge in [0.15, 0.2) is 0 Å². The van der Waals surface area contributed by atoms with Crippen LogP contribution < -0.4 is 0 Å². The average Bonchev–Trinajstić information content (AvgIpc) is 3.25. The molecule has 1 aliphatic heterocycles. The summed E-state index contributed by atoms with van der Waals surface area (Å²) in [6, 6.07) is 0. The molecule has 0 radical (unpaired) electrons. The fourth-order valence-electron chi connectivity index (χ4n) is 10.4. The maximum absolute atomic E-state index is 14.4. The number of aliphatic hydroxyl groups excluding tert-OH is 4.